The van der Waals surface area contributed by atoms with E-state index < -0.39 is 11.3 Å². The van der Waals surface area contributed by atoms with E-state index in [1.54, 1.807) is 6.92 Å². The SMILES string of the molecule is CCOC(=O)c1ccc(C#N)c(C(Cl)C(C)=O)c1. The van der Waals surface area contributed by atoms with Crippen LogP contribution in [0, 0.1) is 11.3 Å². The lowest BCUT2D eigenvalue weighted by Crippen LogP contribution is -2.09. The minimum atomic E-state index is -0.936. The van der Waals surface area contributed by atoms with Gasteiger partial charge in [0.2, 0.25) is 0 Å². The van der Waals surface area contributed by atoms with Crippen molar-refractivity contribution < 1.29 is 14.3 Å². The summed E-state index contributed by atoms with van der Waals surface area (Å²) in [6, 6.07) is 6.30. The number of halogens is 1. The standard InChI is InChI=1S/C13H12ClNO3/c1-3-18-13(17)9-4-5-10(7-15)11(6-9)12(14)8(2)16/h4-6,12H,3H2,1-2H3. The number of alkyl halides is 1. The Morgan fingerprint density at radius 3 is 2.67 bits per heavy atom. The smallest absolute Gasteiger partial charge is 0.338 e. The molecule has 0 spiro atoms. The van der Waals surface area contributed by atoms with Crippen LogP contribution in [0.2, 0.25) is 0 Å². The van der Waals surface area contributed by atoms with Crippen LogP contribution in [0.15, 0.2) is 18.2 Å². The monoisotopic (exact) mass is 265 g/mol. The molecule has 0 heterocycles. The van der Waals surface area contributed by atoms with Crippen molar-refractivity contribution in [2.24, 2.45) is 0 Å². The molecule has 0 aliphatic carbocycles. The van der Waals surface area contributed by atoms with E-state index in [0.717, 1.165) is 0 Å². The maximum atomic E-state index is 11.6. The number of hydrogen-bond donors (Lipinski definition) is 0. The Balaban J connectivity index is 3.22. The summed E-state index contributed by atoms with van der Waals surface area (Å²) in [6.45, 7) is 3.28. The van der Waals surface area contributed by atoms with Gasteiger partial charge in [-0.25, -0.2) is 4.79 Å². The Bertz CT molecular complexity index is 519. The highest BCUT2D eigenvalue weighted by Gasteiger charge is 2.19. The van der Waals surface area contributed by atoms with E-state index in [9.17, 15) is 9.59 Å². The molecule has 0 N–H and O–H groups in total. The molecule has 0 amide bonds. The summed E-state index contributed by atoms with van der Waals surface area (Å²) < 4.78 is 4.85. The molecule has 0 saturated heterocycles. The zero-order valence-electron chi connectivity index (χ0n) is 10.1. The van der Waals surface area contributed by atoms with Gasteiger partial charge in [0.05, 0.1) is 23.8 Å². The number of Topliss-reactive ketones (excluding diaryl/α,β-unsaturated/α-hetero) is 1. The number of nitriles is 1. The summed E-state index contributed by atoms with van der Waals surface area (Å²) in [5.41, 5.74) is 0.883. The van der Waals surface area contributed by atoms with Gasteiger partial charge in [-0.3, -0.25) is 4.79 Å². The number of rotatable bonds is 4. The van der Waals surface area contributed by atoms with Crippen LogP contribution < -0.4 is 0 Å². The van der Waals surface area contributed by atoms with Gasteiger partial charge < -0.3 is 4.74 Å². The van der Waals surface area contributed by atoms with Crippen molar-refractivity contribution in [2.45, 2.75) is 19.2 Å². The summed E-state index contributed by atoms with van der Waals surface area (Å²) in [5.74, 6) is -0.787. The van der Waals surface area contributed by atoms with E-state index in [2.05, 4.69) is 0 Å². The number of ether oxygens (including phenoxy) is 1. The molecule has 0 fully saturated rings. The van der Waals surface area contributed by atoms with Crippen LogP contribution in [0.5, 0.6) is 0 Å². The van der Waals surface area contributed by atoms with Gasteiger partial charge in [-0.15, -0.1) is 11.6 Å². The number of esters is 1. The normalized spacial score (nSPS) is 11.4. The summed E-state index contributed by atoms with van der Waals surface area (Å²) in [6.07, 6.45) is 0. The van der Waals surface area contributed by atoms with Gasteiger partial charge in [-0.1, -0.05) is 0 Å². The van der Waals surface area contributed by atoms with Crippen molar-refractivity contribution >= 4 is 23.4 Å². The van der Waals surface area contributed by atoms with Gasteiger partial charge in [0.15, 0.2) is 5.78 Å². The first-order valence-corrected chi connectivity index (χ1v) is 5.80. The second-order valence-electron chi connectivity index (χ2n) is 3.61. The van der Waals surface area contributed by atoms with E-state index >= 15 is 0 Å². The highest BCUT2D eigenvalue weighted by Crippen LogP contribution is 2.26. The molecule has 4 nitrogen and oxygen atoms in total. The average Bonchev–Trinajstić information content (AvgIpc) is 2.37. The summed E-state index contributed by atoms with van der Waals surface area (Å²) in [5, 5.41) is 8.01. The maximum Gasteiger partial charge on any atom is 0.338 e. The largest absolute Gasteiger partial charge is 0.462 e. The van der Waals surface area contributed by atoms with Crippen LogP contribution in [-0.2, 0) is 9.53 Å². The molecule has 1 unspecified atom stereocenters. The molecule has 0 aliphatic rings. The molecule has 0 saturated carbocycles. The number of ketones is 1. The van der Waals surface area contributed by atoms with Crippen molar-refractivity contribution in [3.63, 3.8) is 0 Å². The molecular weight excluding hydrogens is 254 g/mol. The highest BCUT2D eigenvalue weighted by molar-refractivity contribution is 6.31. The third-order valence-corrected chi connectivity index (χ3v) is 2.86. The molecule has 0 aliphatic heterocycles. The van der Waals surface area contributed by atoms with E-state index in [4.69, 9.17) is 21.6 Å². The van der Waals surface area contributed by atoms with Gasteiger partial charge in [0.1, 0.15) is 5.38 Å². The summed E-state index contributed by atoms with van der Waals surface area (Å²) in [4.78, 5) is 22.8. The third kappa shape index (κ3) is 3.08. The molecule has 1 atom stereocenters. The van der Waals surface area contributed by atoms with E-state index in [0.29, 0.717) is 5.56 Å². The molecule has 0 aromatic heterocycles. The van der Waals surface area contributed by atoms with Gasteiger partial charge in [-0.05, 0) is 37.6 Å². The van der Waals surface area contributed by atoms with Crippen LogP contribution in [-0.4, -0.2) is 18.4 Å². The van der Waals surface area contributed by atoms with Gasteiger partial charge in [-0.2, -0.15) is 5.26 Å². The Morgan fingerprint density at radius 2 is 2.17 bits per heavy atom. The number of carbonyl (C=O) groups excluding carboxylic acids is 2. The molecule has 0 bridgehead atoms. The second-order valence-corrected chi connectivity index (χ2v) is 4.04. The topological polar surface area (TPSA) is 67.2 Å². The minimum Gasteiger partial charge on any atom is -0.462 e. The first kappa shape index (κ1) is 14.2. The Morgan fingerprint density at radius 1 is 1.50 bits per heavy atom. The molecule has 0 radical (unpaired) electrons. The molecule has 5 heteroatoms. The first-order chi connectivity index (χ1) is 8.51. The zero-order chi connectivity index (χ0) is 13.7. The first-order valence-electron chi connectivity index (χ1n) is 5.37. The minimum absolute atomic E-state index is 0.255. The Kier molecular flexibility index (Phi) is 4.87. The fourth-order valence-corrected chi connectivity index (χ4v) is 1.62. The molecule has 1 aromatic rings. The van der Waals surface area contributed by atoms with Crippen LogP contribution >= 0.6 is 11.6 Å². The van der Waals surface area contributed by atoms with Crippen LogP contribution in [0.4, 0.5) is 0 Å². The molecule has 1 rings (SSSR count). The lowest BCUT2D eigenvalue weighted by atomic mass is 10.00. The lowest BCUT2D eigenvalue weighted by Gasteiger charge is -2.10. The van der Waals surface area contributed by atoms with Crippen LogP contribution in [0.3, 0.4) is 0 Å². The van der Waals surface area contributed by atoms with E-state index in [1.165, 1.54) is 25.1 Å². The summed E-state index contributed by atoms with van der Waals surface area (Å²) in [7, 11) is 0. The van der Waals surface area contributed by atoms with Crippen LogP contribution in [0.25, 0.3) is 0 Å². The second kappa shape index (κ2) is 6.18. The van der Waals surface area contributed by atoms with E-state index in [1.807, 2.05) is 6.07 Å². The number of benzene rings is 1. The quantitative estimate of drug-likeness (QED) is 0.620. The highest BCUT2D eigenvalue weighted by atomic mass is 35.5. The predicted octanol–water partition coefficient (Wildman–Crippen LogP) is 2.60. The Labute approximate surface area is 110 Å². The van der Waals surface area contributed by atoms with Crippen molar-refractivity contribution in [1.82, 2.24) is 0 Å². The zero-order valence-corrected chi connectivity index (χ0v) is 10.8. The van der Waals surface area contributed by atoms with Crippen molar-refractivity contribution in [2.75, 3.05) is 6.61 Å². The van der Waals surface area contributed by atoms with Crippen molar-refractivity contribution in [1.29, 1.82) is 5.26 Å². The molecular formula is C13H12ClNO3. The van der Waals surface area contributed by atoms with Crippen molar-refractivity contribution in [3.05, 3.63) is 34.9 Å². The Hall–Kier alpha value is -1.86. The van der Waals surface area contributed by atoms with Gasteiger partial charge in [0, 0.05) is 0 Å². The lowest BCUT2D eigenvalue weighted by molar-refractivity contribution is -0.116. The van der Waals surface area contributed by atoms with Crippen LogP contribution in [0.1, 0.15) is 40.7 Å². The maximum absolute atomic E-state index is 11.6. The average molecular weight is 266 g/mol. The third-order valence-electron chi connectivity index (χ3n) is 2.31. The van der Waals surface area contributed by atoms with Gasteiger partial charge >= 0.3 is 5.97 Å². The molecule has 1 aromatic carbocycles. The van der Waals surface area contributed by atoms with Gasteiger partial charge in [0.25, 0.3) is 0 Å². The number of carbonyl (C=O) groups is 2. The number of hydrogen-bond acceptors (Lipinski definition) is 4. The molecule has 94 valence electrons. The number of nitrogens with zero attached hydrogens (tertiary/aromatic N) is 1. The fourth-order valence-electron chi connectivity index (χ4n) is 1.43. The van der Waals surface area contributed by atoms with Crippen molar-refractivity contribution in [3.8, 4) is 6.07 Å². The summed E-state index contributed by atoms with van der Waals surface area (Å²) >= 11 is 5.93. The fraction of sp³-hybridized carbons (Fsp3) is 0.308. The predicted molar refractivity (Wildman–Crippen MR) is 66.4 cm³/mol. The molecule has 18 heavy (non-hydrogen) atoms. The van der Waals surface area contributed by atoms with E-state index in [-0.39, 0.29) is 23.5 Å².